The second kappa shape index (κ2) is 11.0. The molecule has 0 spiro atoms. The molecule has 1 aromatic carbocycles. The first-order valence-electron chi connectivity index (χ1n) is 14.0. The number of rotatable bonds is 6. The molecule has 0 saturated carbocycles. The number of hydrogen-bond donors (Lipinski definition) is 3. The molecule has 3 N–H and O–H groups in total. The molecule has 1 amide bonds. The lowest BCUT2D eigenvalue weighted by Crippen LogP contribution is -2.36. The van der Waals surface area contributed by atoms with E-state index in [9.17, 15) is 4.79 Å². The van der Waals surface area contributed by atoms with Crippen molar-refractivity contribution >= 4 is 17.5 Å². The molecule has 6 rings (SSSR count). The van der Waals surface area contributed by atoms with Crippen LogP contribution in [0.25, 0.3) is 11.3 Å². The van der Waals surface area contributed by atoms with Gasteiger partial charge in [0.1, 0.15) is 0 Å². The van der Waals surface area contributed by atoms with Gasteiger partial charge in [0.2, 0.25) is 5.95 Å². The molecule has 0 radical (unpaired) electrons. The van der Waals surface area contributed by atoms with E-state index in [1.165, 1.54) is 0 Å². The lowest BCUT2D eigenvalue weighted by atomic mass is 9.96. The van der Waals surface area contributed by atoms with Gasteiger partial charge in [-0.15, -0.1) is 5.10 Å². The van der Waals surface area contributed by atoms with E-state index < -0.39 is 0 Å². The van der Waals surface area contributed by atoms with Crippen molar-refractivity contribution < 1.29 is 9.53 Å². The fraction of sp³-hybridized carbons (Fsp3) is 0.448. The molecule has 214 valence electrons. The number of carbonyl (C=O) groups is 1. The van der Waals surface area contributed by atoms with Gasteiger partial charge in [-0.1, -0.05) is 17.3 Å². The molecule has 0 bridgehead atoms. The molecule has 12 nitrogen and oxygen atoms in total. The number of fused-ring (bicyclic) bond motifs is 1. The number of carbonyl (C=O) groups excluding carboxylic acids is 1. The van der Waals surface area contributed by atoms with Crippen molar-refractivity contribution in [1.29, 1.82) is 0 Å². The molecular formula is C29H36N10O2. The van der Waals surface area contributed by atoms with Crippen LogP contribution in [-0.2, 0) is 16.8 Å². The Labute approximate surface area is 238 Å². The Bertz CT molecular complexity index is 1530. The predicted molar refractivity (Wildman–Crippen MR) is 154 cm³/mol. The minimum absolute atomic E-state index is 0.162. The highest BCUT2D eigenvalue weighted by atomic mass is 16.5. The molecule has 1 saturated heterocycles. The molecule has 12 heteroatoms. The highest BCUT2D eigenvalue weighted by Gasteiger charge is 2.30. The SMILES string of the molecule is Cc1n[nH]cc1Nc1nccc(-c2ccc3c(c2)CN([C@@H]2CCOC2)CC[C@@H]3NC(=O)c2cn(C(C)(C)C)nn2)n1. The Morgan fingerprint density at radius 2 is 2.07 bits per heavy atom. The number of aromatic amines is 1. The first-order chi connectivity index (χ1) is 19.7. The summed E-state index contributed by atoms with van der Waals surface area (Å²) in [5.74, 6) is 0.277. The maximum Gasteiger partial charge on any atom is 0.273 e. The van der Waals surface area contributed by atoms with E-state index in [2.05, 4.69) is 59.2 Å². The smallest absolute Gasteiger partial charge is 0.273 e. The number of aryl methyl sites for hydroxylation is 1. The standard InChI is InChI=1S/C29H36N10O2/c1-18-25(14-31-35-18)34-28-30-10-7-23(33-28)19-5-6-22-20(13-19)15-38(21-9-12-41-17-21)11-8-24(22)32-27(40)26-16-39(37-36-26)29(2,3)4/h5-7,10,13-14,16,21,24H,8-9,11-12,15,17H2,1-4H3,(H,31,35)(H,32,40)(H,30,33,34)/t21-,24+/m1/s1. The number of ether oxygens (including phenoxy) is 1. The molecule has 2 aliphatic heterocycles. The molecule has 2 aliphatic rings. The summed E-state index contributed by atoms with van der Waals surface area (Å²) in [5, 5.41) is 21.8. The summed E-state index contributed by atoms with van der Waals surface area (Å²) >= 11 is 0. The lowest BCUT2D eigenvalue weighted by molar-refractivity contribution is 0.0924. The quantitative estimate of drug-likeness (QED) is 0.324. The van der Waals surface area contributed by atoms with E-state index in [4.69, 9.17) is 9.72 Å². The fourth-order valence-corrected chi connectivity index (χ4v) is 5.37. The topological polar surface area (TPSA) is 139 Å². The van der Waals surface area contributed by atoms with Crippen LogP contribution in [0, 0.1) is 6.92 Å². The number of anilines is 2. The van der Waals surface area contributed by atoms with Crippen molar-refractivity contribution in [2.24, 2.45) is 0 Å². The number of nitrogens with zero attached hydrogens (tertiary/aromatic N) is 7. The van der Waals surface area contributed by atoms with Crippen LogP contribution in [0.15, 0.2) is 42.9 Å². The van der Waals surface area contributed by atoms with Gasteiger partial charge in [-0.2, -0.15) is 5.10 Å². The van der Waals surface area contributed by atoms with E-state index in [0.717, 1.165) is 72.9 Å². The number of nitrogens with one attached hydrogen (secondary N) is 3. The number of amides is 1. The first-order valence-corrected chi connectivity index (χ1v) is 14.0. The zero-order valence-electron chi connectivity index (χ0n) is 23.9. The van der Waals surface area contributed by atoms with Crippen LogP contribution in [0.2, 0.25) is 0 Å². The monoisotopic (exact) mass is 556 g/mol. The van der Waals surface area contributed by atoms with E-state index in [1.54, 1.807) is 23.3 Å². The fourth-order valence-electron chi connectivity index (χ4n) is 5.37. The summed E-state index contributed by atoms with van der Waals surface area (Å²) < 4.78 is 7.43. The van der Waals surface area contributed by atoms with Crippen molar-refractivity contribution in [2.45, 2.75) is 64.7 Å². The zero-order chi connectivity index (χ0) is 28.6. The number of H-pyrrole nitrogens is 1. The van der Waals surface area contributed by atoms with Gasteiger partial charge in [0.05, 0.1) is 41.5 Å². The van der Waals surface area contributed by atoms with Gasteiger partial charge in [0.15, 0.2) is 5.69 Å². The molecule has 3 aromatic heterocycles. The van der Waals surface area contributed by atoms with Gasteiger partial charge in [-0.3, -0.25) is 14.8 Å². The molecule has 41 heavy (non-hydrogen) atoms. The minimum Gasteiger partial charge on any atom is -0.380 e. The van der Waals surface area contributed by atoms with E-state index in [0.29, 0.717) is 17.7 Å². The molecule has 0 aliphatic carbocycles. The third-order valence-corrected chi connectivity index (χ3v) is 7.77. The van der Waals surface area contributed by atoms with Crippen molar-refractivity contribution in [1.82, 2.24) is 45.4 Å². The molecule has 0 unspecified atom stereocenters. The highest BCUT2D eigenvalue weighted by molar-refractivity contribution is 5.92. The highest BCUT2D eigenvalue weighted by Crippen LogP contribution is 2.33. The average molecular weight is 557 g/mol. The molecule has 1 fully saturated rings. The summed E-state index contributed by atoms with van der Waals surface area (Å²) in [7, 11) is 0. The predicted octanol–water partition coefficient (Wildman–Crippen LogP) is 3.73. The maximum absolute atomic E-state index is 13.3. The molecule has 5 heterocycles. The summed E-state index contributed by atoms with van der Waals surface area (Å²) in [4.78, 5) is 24.9. The number of benzene rings is 1. The van der Waals surface area contributed by atoms with E-state index in [1.807, 2.05) is 33.8 Å². The van der Waals surface area contributed by atoms with Crippen LogP contribution >= 0.6 is 0 Å². The van der Waals surface area contributed by atoms with Gasteiger partial charge in [-0.05, 0) is 63.8 Å². The molecular weight excluding hydrogens is 520 g/mol. The van der Waals surface area contributed by atoms with Crippen LogP contribution in [-0.4, -0.2) is 71.8 Å². The van der Waals surface area contributed by atoms with Crippen LogP contribution in [0.4, 0.5) is 11.6 Å². The normalized spacial score (nSPS) is 19.5. The third-order valence-electron chi connectivity index (χ3n) is 7.77. The van der Waals surface area contributed by atoms with E-state index in [-0.39, 0.29) is 17.5 Å². The van der Waals surface area contributed by atoms with Gasteiger partial charge in [0.25, 0.3) is 5.91 Å². The Hall–Kier alpha value is -4.16. The Morgan fingerprint density at radius 1 is 1.20 bits per heavy atom. The molecule has 2 atom stereocenters. The van der Waals surface area contributed by atoms with Gasteiger partial charge in [-0.25, -0.2) is 14.6 Å². The summed E-state index contributed by atoms with van der Waals surface area (Å²) in [5.41, 5.74) is 5.80. The number of hydrogen-bond acceptors (Lipinski definition) is 9. The van der Waals surface area contributed by atoms with Crippen LogP contribution in [0.3, 0.4) is 0 Å². The summed E-state index contributed by atoms with van der Waals surface area (Å²) in [6.45, 7) is 11.1. The zero-order valence-corrected chi connectivity index (χ0v) is 23.9. The van der Waals surface area contributed by atoms with Gasteiger partial charge >= 0.3 is 0 Å². The maximum atomic E-state index is 13.3. The van der Waals surface area contributed by atoms with Crippen molar-refractivity contribution in [3.05, 3.63) is 65.4 Å². The Kier molecular flexibility index (Phi) is 7.26. The van der Waals surface area contributed by atoms with Crippen molar-refractivity contribution in [2.75, 3.05) is 25.1 Å². The summed E-state index contributed by atoms with van der Waals surface area (Å²) in [6.07, 6.45) is 7.04. The molecule has 4 aromatic rings. The summed E-state index contributed by atoms with van der Waals surface area (Å²) in [6, 6.07) is 8.48. The Balaban J connectivity index is 1.29. The average Bonchev–Trinajstić information content (AvgIpc) is 3.72. The Morgan fingerprint density at radius 3 is 2.80 bits per heavy atom. The van der Waals surface area contributed by atoms with E-state index >= 15 is 0 Å². The second-order valence-corrected chi connectivity index (χ2v) is 11.7. The lowest BCUT2D eigenvalue weighted by Gasteiger charge is -2.26. The van der Waals surface area contributed by atoms with Crippen LogP contribution in [0.1, 0.15) is 67.0 Å². The van der Waals surface area contributed by atoms with Gasteiger partial charge in [0, 0.05) is 43.7 Å². The van der Waals surface area contributed by atoms with Gasteiger partial charge < -0.3 is 15.4 Å². The largest absolute Gasteiger partial charge is 0.380 e. The van der Waals surface area contributed by atoms with Crippen molar-refractivity contribution in [3.8, 4) is 11.3 Å². The first kappa shape index (κ1) is 27.0. The second-order valence-electron chi connectivity index (χ2n) is 11.7. The van der Waals surface area contributed by atoms with Crippen LogP contribution in [0.5, 0.6) is 0 Å². The minimum atomic E-state index is -0.256. The van der Waals surface area contributed by atoms with Crippen molar-refractivity contribution in [3.63, 3.8) is 0 Å². The third kappa shape index (κ3) is 5.84. The number of aromatic nitrogens is 7. The van der Waals surface area contributed by atoms with Crippen LogP contribution < -0.4 is 10.6 Å².